The monoisotopic (exact) mass is 217 g/mol. The molecule has 0 bridgehead atoms. The van der Waals surface area contributed by atoms with E-state index < -0.39 is 0 Å². The number of aliphatic hydroxyl groups excluding tert-OH is 1. The average molecular weight is 217 g/mol. The first-order valence-electron chi connectivity index (χ1n) is 5.79. The third-order valence-corrected chi connectivity index (χ3v) is 4.75. The van der Waals surface area contributed by atoms with Crippen molar-refractivity contribution in [3.05, 3.63) is 0 Å². The maximum atomic E-state index is 9.26. The van der Waals surface area contributed by atoms with Gasteiger partial charge in [0.05, 0.1) is 6.61 Å². The summed E-state index contributed by atoms with van der Waals surface area (Å²) in [4.78, 5) is 0. The fourth-order valence-electron chi connectivity index (χ4n) is 1.99. The molecule has 1 aliphatic carbocycles. The van der Waals surface area contributed by atoms with Crippen LogP contribution in [0.4, 0.5) is 0 Å². The Morgan fingerprint density at radius 3 is 2.50 bits per heavy atom. The highest BCUT2D eigenvalue weighted by atomic mass is 32.2. The summed E-state index contributed by atoms with van der Waals surface area (Å²) >= 11 is 1.92. The van der Waals surface area contributed by atoms with Gasteiger partial charge in [-0.2, -0.15) is 11.8 Å². The van der Waals surface area contributed by atoms with Gasteiger partial charge in [-0.05, 0) is 19.3 Å². The van der Waals surface area contributed by atoms with Gasteiger partial charge in [0.25, 0.3) is 0 Å². The minimum Gasteiger partial charge on any atom is -0.395 e. The first-order chi connectivity index (χ1) is 6.77. The summed E-state index contributed by atoms with van der Waals surface area (Å²) in [7, 11) is 0. The number of thioether (sulfide) groups is 1. The zero-order valence-corrected chi connectivity index (χ0v) is 9.93. The minimum atomic E-state index is 0.159. The van der Waals surface area contributed by atoms with Crippen molar-refractivity contribution in [3.8, 4) is 0 Å². The first-order valence-corrected chi connectivity index (χ1v) is 6.74. The predicted molar refractivity (Wildman–Crippen MR) is 63.6 cm³/mol. The Kier molecular flexibility index (Phi) is 5.90. The normalized spacial score (nSPS) is 23.4. The lowest BCUT2D eigenvalue weighted by atomic mass is 10.0. The summed E-state index contributed by atoms with van der Waals surface area (Å²) in [6, 6.07) is 0.159. The van der Waals surface area contributed by atoms with Gasteiger partial charge in [-0.25, -0.2) is 0 Å². The van der Waals surface area contributed by atoms with Crippen LogP contribution in [0.25, 0.3) is 0 Å². The largest absolute Gasteiger partial charge is 0.395 e. The molecule has 0 radical (unpaired) electrons. The van der Waals surface area contributed by atoms with Crippen LogP contribution in [-0.4, -0.2) is 28.3 Å². The summed E-state index contributed by atoms with van der Waals surface area (Å²) in [5.41, 5.74) is 5.96. The van der Waals surface area contributed by atoms with E-state index in [9.17, 15) is 5.11 Å². The molecule has 0 heterocycles. The number of nitrogens with two attached hydrogens (primary N) is 1. The minimum absolute atomic E-state index is 0.159. The first kappa shape index (κ1) is 12.3. The van der Waals surface area contributed by atoms with Gasteiger partial charge in [-0.1, -0.05) is 26.2 Å². The Bertz CT molecular complexity index is 148. The molecule has 0 aromatic rings. The highest BCUT2D eigenvalue weighted by molar-refractivity contribution is 8.00. The van der Waals surface area contributed by atoms with Crippen LogP contribution < -0.4 is 5.73 Å². The molecule has 3 N–H and O–H groups in total. The van der Waals surface area contributed by atoms with E-state index in [1.54, 1.807) is 0 Å². The molecule has 1 fully saturated rings. The Hall–Kier alpha value is 0.270. The van der Waals surface area contributed by atoms with Gasteiger partial charge < -0.3 is 10.8 Å². The number of rotatable bonds is 5. The van der Waals surface area contributed by atoms with E-state index in [4.69, 9.17) is 5.73 Å². The molecule has 2 atom stereocenters. The fourth-order valence-corrected chi connectivity index (χ4v) is 3.57. The van der Waals surface area contributed by atoms with Gasteiger partial charge in [-0.3, -0.25) is 0 Å². The van der Waals surface area contributed by atoms with Crippen LogP contribution in [-0.2, 0) is 0 Å². The standard InChI is InChI=1S/C11H23NOS/c1-2-10(12)11(8-13)14-9-6-4-3-5-7-9/h9-11,13H,2-8,12H2,1H3. The molecule has 0 amide bonds. The van der Waals surface area contributed by atoms with E-state index in [-0.39, 0.29) is 17.9 Å². The van der Waals surface area contributed by atoms with Crippen LogP contribution in [0.2, 0.25) is 0 Å². The van der Waals surface area contributed by atoms with Crippen LogP contribution in [0, 0.1) is 0 Å². The van der Waals surface area contributed by atoms with Crippen LogP contribution in [0.3, 0.4) is 0 Å². The maximum absolute atomic E-state index is 9.26. The van der Waals surface area contributed by atoms with Gasteiger partial charge in [0.15, 0.2) is 0 Å². The Morgan fingerprint density at radius 2 is 2.00 bits per heavy atom. The third kappa shape index (κ3) is 3.79. The van der Waals surface area contributed by atoms with Crippen molar-refractivity contribution in [3.63, 3.8) is 0 Å². The van der Waals surface area contributed by atoms with Gasteiger partial charge in [0.2, 0.25) is 0 Å². The lowest BCUT2D eigenvalue weighted by Crippen LogP contribution is -2.36. The van der Waals surface area contributed by atoms with Gasteiger partial charge >= 0.3 is 0 Å². The Balaban J connectivity index is 2.30. The molecule has 1 aliphatic rings. The molecule has 0 aliphatic heterocycles. The average Bonchev–Trinajstić information content (AvgIpc) is 2.26. The lowest BCUT2D eigenvalue weighted by Gasteiger charge is -2.28. The molecule has 0 aromatic heterocycles. The summed E-state index contributed by atoms with van der Waals surface area (Å²) in [6.45, 7) is 2.32. The van der Waals surface area contributed by atoms with Crippen molar-refractivity contribution in [1.82, 2.24) is 0 Å². The van der Waals surface area contributed by atoms with Crippen molar-refractivity contribution in [2.75, 3.05) is 6.61 Å². The molecule has 14 heavy (non-hydrogen) atoms. The Labute approximate surface area is 91.6 Å². The quantitative estimate of drug-likeness (QED) is 0.742. The third-order valence-electron chi connectivity index (χ3n) is 3.05. The number of hydrogen-bond donors (Lipinski definition) is 2. The topological polar surface area (TPSA) is 46.2 Å². The molecule has 1 saturated carbocycles. The molecule has 0 saturated heterocycles. The summed E-state index contributed by atoms with van der Waals surface area (Å²) in [6.07, 6.45) is 7.70. The highest BCUT2D eigenvalue weighted by Crippen LogP contribution is 2.32. The van der Waals surface area contributed by atoms with Gasteiger partial charge in [0, 0.05) is 16.5 Å². The van der Waals surface area contributed by atoms with E-state index in [1.165, 1.54) is 32.1 Å². The zero-order valence-electron chi connectivity index (χ0n) is 9.11. The molecule has 3 heteroatoms. The molecular formula is C11H23NOS. The van der Waals surface area contributed by atoms with Crippen LogP contribution in [0.5, 0.6) is 0 Å². The van der Waals surface area contributed by atoms with Gasteiger partial charge in [-0.15, -0.1) is 0 Å². The second-order valence-electron chi connectivity index (χ2n) is 4.19. The van der Waals surface area contributed by atoms with Crippen molar-refractivity contribution in [2.45, 2.75) is 62.0 Å². The van der Waals surface area contributed by atoms with Crippen LogP contribution in [0.1, 0.15) is 45.4 Å². The fraction of sp³-hybridized carbons (Fsp3) is 1.00. The molecule has 2 nitrogen and oxygen atoms in total. The number of aliphatic hydroxyl groups is 1. The van der Waals surface area contributed by atoms with Crippen molar-refractivity contribution in [2.24, 2.45) is 5.73 Å². The SMILES string of the molecule is CCC(N)C(CO)SC1CCCCC1. The molecule has 0 aromatic carbocycles. The van der Waals surface area contributed by atoms with E-state index in [0.717, 1.165) is 11.7 Å². The highest BCUT2D eigenvalue weighted by Gasteiger charge is 2.22. The van der Waals surface area contributed by atoms with E-state index >= 15 is 0 Å². The van der Waals surface area contributed by atoms with Crippen LogP contribution in [0.15, 0.2) is 0 Å². The predicted octanol–water partition coefficient (Wildman–Crippen LogP) is 2.15. The van der Waals surface area contributed by atoms with Crippen LogP contribution >= 0.6 is 11.8 Å². The number of hydrogen-bond acceptors (Lipinski definition) is 3. The summed E-state index contributed by atoms with van der Waals surface area (Å²) in [5, 5.41) is 10.3. The summed E-state index contributed by atoms with van der Waals surface area (Å²) in [5.74, 6) is 0. The zero-order chi connectivity index (χ0) is 10.4. The van der Waals surface area contributed by atoms with Gasteiger partial charge in [0.1, 0.15) is 0 Å². The second-order valence-corrected chi connectivity index (χ2v) is 5.73. The van der Waals surface area contributed by atoms with E-state index in [1.807, 2.05) is 11.8 Å². The smallest absolute Gasteiger partial charge is 0.0565 e. The van der Waals surface area contributed by atoms with E-state index in [0.29, 0.717) is 0 Å². The van der Waals surface area contributed by atoms with Crippen molar-refractivity contribution >= 4 is 11.8 Å². The lowest BCUT2D eigenvalue weighted by molar-refractivity contribution is 0.280. The molecule has 2 unspecified atom stereocenters. The Morgan fingerprint density at radius 1 is 1.36 bits per heavy atom. The summed E-state index contributed by atoms with van der Waals surface area (Å²) < 4.78 is 0. The van der Waals surface area contributed by atoms with Crippen molar-refractivity contribution < 1.29 is 5.11 Å². The molecule has 0 spiro atoms. The maximum Gasteiger partial charge on any atom is 0.0565 e. The van der Waals surface area contributed by atoms with E-state index in [2.05, 4.69) is 6.92 Å². The second kappa shape index (κ2) is 6.70. The molecular weight excluding hydrogens is 194 g/mol. The molecule has 84 valence electrons. The molecule has 1 rings (SSSR count). The van der Waals surface area contributed by atoms with Crippen molar-refractivity contribution in [1.29, 1.82) is 0 Å².